The molecule has 180 valence electrons. The number of amides is 1. The third-order valence-corrected chi connectivity index (χ3v) is 5.84. The van der Waals surface area contributed by atoms with Crippen LogP contribution in [0.15, 0.2) is 84.9 Å². The molecule has 0 fully saturated rings. The predicted octanol–water partition coefficient (Wildman–Crippen LogP) is 5.15. The molecule has 3 aromatic rings. The molecule has 0 atom stereocenters. The molecule has 3 aromatic carbocycles. The first kappa shape index (κ1) is 25.5. The summed E-state index contributed by atoms with van der Waals surface area (Å²) in [6.07, 6.45) is 4.10. The zero-order chi connectivity index (χ0) is 24.0. The van der Waals surface area contributed by atoms with E-state index in [1.165, 1.54) is 28.9 Å². The van der Waals surface area contributed by atoms with E-state index in [0.717, 1.165) is 44.6 Å². The number of hydroxylamine groups is 2. The van der Waals surface area contributed by atoms with Gasteiger partial charge < -0.3 is 4.74 Å². The van der Waals surface area contributed by atoms with E-state index in [2.05, 4.69) is 59.5 Å². The number of nitrogens with zero attached hydrogens (tertiary/aromatic N) is 2. The Labute approximate surface area is 203 Å². The van der Waals surface area contributed by atoms with E-state index in [1.807, 2.05) is 30.3 Å². The van der Waals surface area contributed by atoms with E-state index in [-0.39, 0.29) is 5.91 Å². The van der Waals surface area contributed by atoms with Gasteiger partial charge in [0.2, 0.25) is 0 Å². The van der Waals surface area contributed by atoms with E-state index < -0.39 is 0 Å². The van der Waals surface area contributed by atoms with Gasteiger partial charge in [0.1, 0.15) is 5.75 Å². The van der Waals surface area contributed by atoms with Crippen LogP contribution in [0.25, 0.3) is 0 Å². The van der Waals surface area contributed by atoms with Gasteiger partial charge in [0, 0.05) is 20.1 Å². The Morgan fingerprint density at radius 1 is 0.765 bits per heavy atom. The first-order valence-electron chi connectivity index (χ1n) is 12.0. The number of benzene rings is 3. The van der Waals surface area contributed by atoms with Crippen LogP contribution in [0.3, 0.4) is 0 Å². The van der Waals surface area contributed by atoms with E-state index >= 15 is 0 Å². The number of hydrogen-bond acceptors (Lipinski definition) is 4. The summed E-state index contributed by atoms with van der Waals surface area (Å²) in [5.74, 6) is 0.843. The lowest BCUT2D eigenvalue weighted by Gasteiger charge is -2.24. The van der Waals surface area contributed by atoms with Crippen LogP contribution in [0.4, 0.5) is 0 Å². The number of rotatable bonds is 14. The zero-order valence-corrected chi connectivity index (χ0v) is 20.4. The van der Waals surface area contributed by atoms with Crippen LogP contribution in [0.2, 0.25) is 0 Å². The lowest BCUT2D eigenvalue weighted by molar-refractivity contribution is -0.169. The van der Waals surface area contributed by atoms with E-state index in [0.29, 0.717) is 13.1 Å². The highest BCUT2D eigenvalue weighted by atomic mass is 16.7. The summed E-state index contributed by atoms with van der Waals surface area (Å²) in [4.78, 5) is 19.6. The lowest BCUT2D eigenvalue weighted by Crippen LogP contribution is -2.38. The molecule has 3 rings (SSSR count). The Kier molecular flexibility index (Phi) is 10.6. The van der Waals surface area contributed by atoms with Crippen molar-refractivity contribution in [3.05, 3.63) is 102 Å². The third-order valence-electron chi connectivity index (χ3n) is 5.84. The van der Waals surface area contributed by atoms with Gasteiger partial charge in [-0.2, -0.15) is 0 Å². The monoisotopic (exact) mass is 460 g/mol. The molecule has 1 amide bonds. The molecule has 0 spiro atoms. The van der Waals surface area contributed by atoms with Crippen molar-refractivity contribution in [1.29, 1.82) is 0 Å². The molecule has 0 aliphatic carbocycles. The van der Waals surface area contributed by atoms with Crippen molar-refractivity contribution in [2.24, 2.45) is 0 Å². The molecule has 0 N–H and O–H groups in total. The van der Waals surface area contributed by atoms with Crippen LogP contribution in [0.1, 0.15) is 29.5 Å². The number of hydrogen-bond donors (Lipinski definition) is 0. The quantitative estimate of drug-likeness (QED) is 0.246. The van der Waals surface area contributed by atoms with Crippen molar-refractivity contribution >= 4 is 5.91 Å². The van der Waals surface area contributed by atoms with Crippen LogP contribution in [-0.4, -0.2) is 49.7 Å². The third kappa shape index (κ3) is 9.00. The summed E-state index contributed by atoms with van der Waals surface area (Å²) in [5, 5.41) is 1.28. The molecule has 34 heavy (non-hydrogen) atoms. The number of aryl methyl sites for hydroxylation is 1. The molecule has 0 unspecified atom stereocenters. The highest BCUT2D eigenvalue weighted by molar-refractivity contribution is 5.76. The van der Waals surface area contributed by atoms with Crippen molar-refractivity contribution in [2.75, 3.05) is 33.9 Å². The summed E-state index contributed by atoms with van der Waals surface area (Å²) < 4.78 is 5.92. The topological polar surface area (TPSA) is 42.0 Å². The molecule has 5 nitrogen and oxygen atoms in total. The summed E-state index contributed by atoms with van der Waals surface area (Å²) >= 11 is 0. The van der Waals surface area contributed by atoms with Gasteiger partial charge in [-0.05, 0) is 54.5 Å². The summed E-state index contributed by atoms with van der Waals surface area (Å²) in [5.41, 5.74) is 3.79. The van der Waals surface area contributed by atoms with Gasteiger partial charge in [0.15, 0.2) is 0 Å². The minimum atomic E-state index is -0.0607. The second-order valence-corrected chi connectivity index (χ2v) is 8.46. The van der Waals surface area contributed by atoms with Crippen molar-refractivity contribution in [3.8, 4) is 5.75 Å². The molecule has 0 aliphatic rings. The van der Waals surface area contributed by atoms with E-state index in [4.69, 9.17) is 9.57 Å². The molecule has 0 saturated carbocycles. The maximum Gasteiger partial charge on any atom is 0.260 e. The number of carbonyl (C=O) groups is 1. The molecule has 0 radical (unpaired) electrons. The second-order valence-electron chi connectivity index (χ2n) is 8.46. The summed E-state index contributed by atoms with van der Waals surface area (Å²) in [6, 6.07) is 29.1. The second kappa shape index (κ2) is 14.2. The van der Waals surface area contributed by atoms with E-state index in [1.54, 1.807) is 7.05 Å². The van der Waals surface area contributed by atoms with Gasteiger partial charge in [-0.1, -0.05) is 72.8 Å². The average molecular weight is 461 g/mol. The molecular formula is C29H36N2O3. The fourth-order valence-corrected chi connectivity index (χ4v) is 3.75. The number of ether oxygens (including phenoxy) is 1. The van der Waals surface area contributed by atoms with Gasteiger partial charge in [0.05, 0.1) is 20.3 Å². The maximum atomic E-state index is 12.4. The Hall–Kier alpha value is -3.15. The van der Waals surface area contributed by atoms with Gasteiger partial charge in [0.25, 0.3) is 5.91 Å². The molecule has 0 saturated heterocycles. The standard InChI is InChI=1S/C29H36N2O3/c1-30(33-2)29(32)24-31(23-27-14-7-4-8-15-27)21-20-26-16-18-28(19-17-26)34-22-10-9-13-25-11-5-3-6-12-25/h3-8,11-12,14-19H,9-10,13,20-24H2,1-2H3. The predicted molar refractivity (Wildman–Crippen MR) is 137 cm³/mol. The highest BCUT2D eigenvalue weighted by Gasteiger charge is 2.15. The largest absolute Gasteiger partial charge is 0.494 e. The SMILES string of the molecule is CON(C)C(=O)CN(CCc1ccc(OCCCCc2ccccc2)cc1)Cc1ccccc1. The van der Waals surface area contributed by atoms with Gasteiger partial charge >= 0.3 is 0 Å². The molecule has 0 aliphatic heterocycles. The smallest absolute Gasteiger partial charge is 0.260 e. The number of unbranched alkanes of at least 4 members (excludes halogenated alkanes) is 1. The first-order chi connectivity index (χ1) is 16.6. The lowest BCUT2D eigenvalue weighted by atomic mass is 10.1. The molecule has 0 heterocycles. The molecule has 0 aromatic heterocycles. The summed E-state index contributed by atoms with van der Waals surface area (Å²) in [7, 11) is 3.15. The van der Waals surface area contributed by atoms with E-state index in [9.17, 15) is 4.79 Å². The minimum Gasteiger partial charge on any atom is -0.494 e. The van der Waals surface area contributed by atoms with Crippen LogP contribution in [0.5, 0.6) is 5.75 Å². The Bertz CT molecular complexity index is 962. The number of carbonyl (C=O) groups excluding carboxylic acids is 1. The van der Waals surface area contributed by atoms with Crippen LogP contribution >= 0.6 is 0 Å². The normalized spacial score (nSPS) is 10.9. The zero-order valence-electron chi connectivity index (χ0n) is 20.4. The molecule has 0 bridgehead atoms. The fraction of sp³-hybridized carbons (Fsp3) is 0.345. The highest BCUT2D eigenvalue weighted by Crippen LogP contribution is 2.15. The van der Waals surface area contributed by atoms with Crippen molar-refractivity contribution < 1.29 is 14.4 Å². The average Bonchev–Trinajstić information content (AvgIpc) is 2.88. The number of likely N-dealkylation sites (N-methyl/N-ethyl adjacent to an activating group) is 1. The first-order valence-corrected chi connectivity index (χ1v) is 12.0. The minimum absolute atomic E-state index is 0.0607. The Morgan fingerprint density at radius 3 is 2.03 bits per heavy atom. The summed E-state index contributed by atoms with van der Waals surface area (Å²) in [6.45, 7) is 2.53. The van der Waals surface area contributed by atoms with Gasteiger partial charge in [-0.3, -0.25) is 14.5 Å². The Balaban J connectivity index is 1.44. The van der Waals surface area contributed by atoms with Crippen LogP contribution < -0.4 is 4.74 Å². The molecular weight excluding hydrogens is 424 g/mol. The van der Waals surface area contributed by atoms with Gasteiger partial charge in [-0.25, -0.2) is 5.06 Å². The van der Waals surface area contributed by atoms with Crippen molar-refractivity contribution in [3.63, 3.8) is 0 Å². The van der Waals surface area contributed by atoms with Crippen LogP contribution in [0, 0.1) is 0 Å². The van der Waals surface area contributed by atoms with Gasteiger partial charge in [-0.15, -0.1) is 0 Å². The Morgan fingerprint density at radius 2 is 1.38 bits per heavy atom. The molecule has 5 heteroatoms. The van der Waals surface area contributed by atoms with Crippen LogP contribution in [-0.2, 0) is 29.0 Å². The fourth-order valence-electron chi connectivity index (χ4n) is 3.75. The van der Waals surface area contributed by atoms with Crippen molar-refractivity contribution in [2.45, 2.75) is 32.2 Å². The maximum absolute atomic E-state index is 12.4. The van der Waals surface area contributed by atoms with Crippen molar-refractivity contribution in [1.82, 2.24) is 9.96 Å².